The van der Waals surface area contributed by atoms with Gasteiger partial charge < -0.3 is 5.32 Å². The molecule has 6 heteroatoms. The molecule has 1 aromatic carbocycles. The number of aryl methyl sites for hydroxylation is 1. The molecule has 4 rings (SSSR count). The summed E-state index contributed by atoms with van der Waals surface area (Å²) in [5, 5.41) is 15.4. The number of rotatable bonds is 3. The van der Waals surface area contributed by atoms with E-state index in [4.69, 9.17) is 0 Å². The fourth-order valence-electron chi connectivity index (χ4n) is 2.73. The van der Waals surface area contributed by atoms with Crippen LogP contribution in [0.1, 0.15) is 41.4 Å². The van der Waals surface area contributed by atoms with Crippen molar-refractivity contribution < 1.29 is 4.79 Å². The summed E-state index contributed by atoms with van der Waals surface area (Å²) >= 11 is 0. The third kappa shape index (κ3) is 2.16. The monoisotopic (exact) mass is 295 g/mol. The first-order chi connectivity index (χ1) is 10.7. The molecule has 0 radical (unpaired) electrons. The lowest BCUT2D eigenvalue weighted by atomic mass is 9.93. The molecule has 0 unspecified atom stereocenters. The number of hydrogen-bond donors (Lipinski definition) is 2. The predicted molar refractivity (Wildman–Crippen MR) is 83.9 cm³/mol. The van der Waals surface area contributed by atoms with E-state index in [1.165, 1.54) is 6.42 Å². The summed E-state index contributed by atoms with van der Waals surface area (Å²) in [5.41, 5.74) is 3.20. The van der Waals surface area contributed by atoms with Crippen LogP contribution in [0.2, 0.25) is 0 Å². The SMILES string of the molecule is Cc1[nH]nc2cc(NC(=O)c3cnn(C4CCC4)c3)ccc12. The van der Waals surface area contributed by atoms with Gasteiger partial charge in [0.05, 0.1) is 23.3 Å². The lowest BCUT2D eigenvalue weighted by Crippen LogP contribution is -2.17. The highest BCUT2D eigenvalue weighted by atomic mass is 16.1. The zero-order chi connectivity index (χ0) is 15.1. The van der Waals surface area contributed by atoms with Crippen LogP contribution in [0.3, 0.4) is 0 Å². The second kappa shape index (κ2) is 4.98. The normalized spacial score (nSPS) is 15.0. The van der Waals surface area contributed by atoms with E-state index in [0.29, 0.717) is 11.6 Å². The van der Waals surface area contributed by atoms with Crippen molar-refractivity contribution in [2.45, 2.75) is 32.2 Å². The smallest absolute Gasteiger partial charge is 0.258 e. The highest BCUT2D eigenvalue weighted by Crippen LogP contribution is 2.30. The average molecular weight is 295 g/mol. The summed E-state index contributed by atoms with van der Waals surface area (Å²) in [5.74, 6) is -0.141. The first kappa shape index (κ1) is 13.1. The van der Waals surface area contributed by atoms with Gasteiger partial charge in [-0.05, 0) is 44.4 Å². The summed E-state index contributed by atoms with van der Waals surface area (Å²) in [6.07, 6.45) is 7.01. The van der Waals surface area contributed by atoms with Crippen molar-refractivity contribution in [1.82, 2.24) is 20.0 Å². The molecule has 2 aromatic heterocycles. The van der Waals surface area contributed by atoms with Crippen molar-refractivity contribution in [2.24, 2.45) is 0 Å². The van der Waals surface area contributed by atoms with Crippen LogP contribution in [0.25, 0.3) is 10.9 Å². The highest BCUT2D eigenvalue weighted by molar-refractivity contribution is 6.04. The molecule has 0 atom stereocenters. The summed E-state index contributed by atoms with van der Waals surface area (Å²) in [6.45, 7) is 1.97. The topological polar surface area (TPSA) is 75.6 Å². The number of carbonyl (C=O) groups is 1. The number of aromatic amines is 1. The fourth-order valence-corrected chi connectivity index (χ4v) is 2.73. The van der Waals surface area contributed by atoms with E-state index in [9.17, 15) is 4.79 Å². The maximum atomic E-state index is 12.3. The number of nitrogens with one attached hydrogen (secondary N) is 2. The third-order valence-electron chi connectivity index (χ3n) is 4.32. The minimum atomic E-state index is -0.141. The first-order valence-corrected chi connectivity index (χ1v) is 7.51. The average Bonchev–Trinajstić information content (AvgIpc) is 3.05. The zero-order valence-electron chi connectivity index (χ0n) is 12.3. The molecule has 112 valence electrons. The highest BCUT2D eigenvalue weighted by Gasteiger charge is 2.21. The Morgan fingerprint density at radius 2 is 2.27 bits per heavy atom. The van der Waals surface area contributed by atoms with E-state index in [2.05, 4.69) is 20.6 Å². The van der Waals surface area contributed by atoms with Crippen LogP contribution in [-0.4, -0.2) is 25.9 Å². The molecule has 2 heterocycles. The minimum Gasteiger partial charge on any atom is -0.322 e. The number of aromatic nitrogens is 4. The van der Waals surface area contributed by atoms with Crippen LogP contribution < -0.4 is 5.32 Å². The quantitative estimate of drug-likeness (QED) is 0.779. The largest absolute Gasteiger partial charge is 0.322 e. The molecular weight excluding hydrogens is 278 g/mol. The molecule has 6 nitrogen and oxygen atoms in total. The van der Waals surface area contributed by atoms with Crippen LogP contribution >= 0.6 is 0 Å². The number of H-pyrrole nitrogens is 1. The fraction of sp³-hybridized carbons (Fsp3) is 0.312. The molecule has 1 saturated carbocycles. The van der Waals surface area contributed by atoms with Gasteiger partial charge in [0, 0.05) is 23.0 Å². The summed E-state index contributed by atoms with van der Waals surface area (Å²) in [4.78, 5) is 12.3. The van der Waals surface area contributed by atoms with Gasteiger partial charge in [-0.25, -0.2) is 0 Å². The van der Waals surface area contributed by atoms with Crippen molar-refractivity contribution in [2.75, 3.05) is 5.32 Å². The van der Waals surface area contributed by atoms with Crippen LogP contribution in [-0.2, 0) is 0 Å². The van der Waals surface area contributed by atoms with Crippen LogP contribution in [0.15, 0.2) is 30.6 Å². The Balaban J connectivity index is 1.53. The molecule has 1 aliphatic rings. The first-order valence-electron chi connectivity index (χ1n) is 7.51. The Labute approximate surface area is 127 Å². The van der Waals surface area contributed by atoms with Gasteiger partial charge in [-0.1, -0.05) is 0 Å². The van der Waals surface area contributed by atoms with E-state index < -0.39 is 0 Å². The van der Waals surface area contributed by atoms with Crippen LogP contribution in [0.5, 0.6) is 0 Å². The zero-order valence-corrected chi connectivity index (χ0v) is 12.3. The number of nitrogens with zero attached hydrogens (tertiary/aromatic N) is 3. The molecule has 0 spiro atoms. The van der Waals surface area contributed by atoms with E-state index >= 15 is 0 Å². The van der Waals surface area contributed by atoms with Gasteiger partial charge in [0.25, 0.3) is 5.91 Å². The van der Waals surface area contributed by atoms with Crippen molar-refractivity contribution in [3.8, 4) is 0 Å². The molecule has 2 N–H and O–H groups in total. The van der Waals surface area contributed by atoms with E-state index in [0.717, 1.165) is 35.1 Å². The summed E-state index contributed by atoms with van der Waals surface area (Å²) in [7, 11) is 0. The van der Waals surface area contributed by atoms with Crippen molar-refractivity contribution in [3.63, 3.8) is 0 Å². The molecule has 0 saturated heterocycles. The maximum absolute atomic E-state index is 12.3. The van der Waals surface area contributed by atoms with Gasteiger partial charge in [0.2, 0.25) is 0 Å². The Morgan fingerprint density at radius 1 is 1.41 bits per heavy atom. The predicted octanol–water partition coefficient (Wildman–Crippen LogP) is 3.05. The number of hydrogen-bond acceptors (Lipinski definition) is 3. The van der Waals surface area contributed by atoms with E-state index in [1.807, 2.05) is 36.0 Å². The van der Waals surface area contributed by atoms with Gasteiger partial charge in [0.1, 0.15) is 0 Å². The van der Waals surface area contributed by atoms with Crippen molar-refractivity contribution in [1.29, 1.82) is 0 Å². The summed E-state index contributed by atoms with van der Waals surface area (Å²) in [6, 6.07) is 6.18. The van der Waals surface area contributed by atoms with Gasteiger partial charge >= 0.3 is 0 Å². The molecule has 22 heavy (non-hydrogen) atoms. The summed E-state index contributed by atoms with van der Waals surface area (Å²) < 4.78 is 1.90. The minimum absolute atomic E-state index is 0.141. The molecule has 1 fully saturated rings. The molecule has 3 aromatic rings. The third-order valence-corrected chi connectivity index (χ3v) is 4.32. The number of carbonyl (C=O) groups excluding carboxylic acids is 1. The number of anilines is 1. The Bertz CT molecular complexity index is 843. The van der Waals surface area contributed by atoms with Crippen molar-refractivity contribution >= 4 is 22.5 Å². The van der Waals surface area contributed by atoms with Gasteiger partial charge in [-0.15, -0.1) is 0 Å². The van der Waals surface area contributed by atoms with Crippen molar-refractivity contribution in [3.05, 3.63) is 41.9 Å². The van der Waals surface area contributed by atoms with Gasteiger partial charge in [-0.2, -0.15) is 10.2 Å². The molecule has 1 aliphatic carbocycles. The maximum Gasteiger partial charge on any atom is 0.258 e. The Kier molecular flexibility index (Phi) is 2.96. The lowest BCUT2D eigenvalue weighted by molar-refractivity contribution is 0.102. The van der Waals surface area contributed by atoms with Gasteiger partial charge in [-0.3, -0.25) is 14.6 Å². The molecule has 0 aliphatic heterocycles. The number of fused-ring (bicyclic) bond motifs is 1. The Morgan fingerprint density at radius 3 is 3.05 bits per heavy atom. The van der Waals surface area contributed by atoms with E-state index in [1.54, 1.807) is 6.20 Å². The Hall–Kier alpha value is -2.63. The second-order valence-electron chi connectivity index (χ2n) is 5.83. The van der Waals surface area contributed by atoms with Crippen LogP contribution in [0.4, 0.5) is 5.69 Å². The number of amides is 1. The molecular formula is C16H17N5O. The standard InChI is InChI=1S/C16H17N5O/c1-10-14-6-5-12(7-15(14)20-19-10)18-16(22)11-8-17-21(9-11)13-3-2-4-13/h5-9,13H,2-4H2,1H3,(H,18,22)(H,19,20). The second-order valence-corrected chi connectivity index (χ2v) is 5.83. The lowest BCUT2D eigenvalue weighted by Gasteiger charge is -2.25. The van der Waals surface area contributed by atoms with Gasteiger partial charge in [0.15, 0.2) is 0 Å². The van der Waals surface area contributed by atoms with Crippen LogP contribution in [0, 0.1) is 6.92 Å². The number of benzene rings is 1. The molecule has 0 bridgehead atoms. The van der Waals surface area contributed by atoms with E-state index in [-0.39, 0.29) is 5.91 Å². The molecule has 1 amide bonds.